The predicted octanol–water partition coefficient (Wildman–Crippen LogP) is 6.33. The summed E-state index contributed by atoms with van der Waals surface area (Å²) in [6.45, 7) is 12.9. The number of aliphatic hydroxyl groups excluding tert-OH is 1. The quantitative estimate of drug-likeness (QED) is 0.358. The Bertz CT molecular complexity index is 1280. The fourth-order valence-electron chi connectivity index (χ4n) is 6.47. The largest absolute Gasteiger partial charge is 0.540 e. The molecule has 2 aromatic carbocycles. The summed E-state index contributed by atoms with van der Waals surface area (Å²) in [6.07, 6.45) is -0.893. The van der Waals surface area contributed by atoms with Crippen molar-refractivity contribution in [3.8, 4) is 17.2 Å². The molecule has 0 aromatic heterocycles. The molecule has 2 atom stereocenters. The fourth-order valence-corrected chi connectivity index (χ4v) is 11.7. The number of carbonyl (C=O) groups excluding carboxylic acids is 1. The Morgan fingerprint density at radius 2 is 1.55 bits per heavy atom. The van der Waals surface area contributed by atoms with E-state index in [4.69, 9.17) is 13.9 Å². The van der Waals surface area contributed by atoms with Crippen LogP contribution < -0.4 is 18.8 Å². The van der Waals surface area contributed by atoms with Crippen molar-refractivity contribution >= 4 is 31.6 Å². The maximum absolute atomic E-state index is 13.9. The molecule has 0 fully saturated rings. The van der Waals surface area contributed by atoms with Crippen LogP contribution in [0.15, 0.2) is 42.6 Å². The number of aliphatic hydroxyl groups is 1. The number of fused-ring (bicyclic) bond motifs is 2. The Balaban J connectivity index is 1.85. The van der Waals surface area contributed by atoms with Crippen molar-refractivity contribution in [1.29, 1.82) is 0 Å². The van der Waals surface area contributed by atoms with Crippen molar-refractivity contribution in [3.63, 3.8) is 0 Å². The molecule has 9 nitrogen and oxygen atoms in total. The number of hydrogen-bond donors (Lipinski definition) is 2. The van der Waals surface area contributed by atoms with Crippen LogP contribution in [0.25, 0.3) is 5.57 Å². The van der Waals surface area contributed by atoms with Crippen LogP contribution >= 0.6 is 0 Å². The third-order valence-electron chi connectivity index (χ3n) is 8.36. The number of carboxylic acid groups (broad SMARTS) is 1. The van der Waals surface area contributed by atoms with E-state index in [-0.39, 0.29) is 34.3 Å². The molecule has 216 valence electrons. The van der Waals surface area contributed by atoms with Gasteiger partial charge in [-0.15, -0.1) is 0 Å². The van der Waals surface area contributed by atoms with Gasteiger partial charge in [-0.1, -0.05) is 53.7 Å². The summed E-state index contributed by atoms with van der Waals surface area (Å²) in [5.41, 5.74) is 2.62. The highest BCUT2D eigenvalue weighted by Gasteiger charge is 2.49. The predicted molar refractivity (Wildman–Crippen MR) is 157 cm³/mol. The summed E-state index contributed by atoms with van der Waals surface area (Å²) < 4.78 is 17.8. The molecule has 0 saturated carbocycles. The number of ether oxygens (including phenoxy) is 2. The monoisotopic (exact) mass is 568 g/mol. The van der Waals surface area contributed by atoms with E-state index < -0.39 is 32.6 Å². The van der Waals surface area contributed by atoms with Crippen LogP contribution in [0.1, 0.15) is 63.9 Å². The zero-order valence-electron chi connectivity index (χ0n) is 24.5. The van der Waals surface area contributed by atoms with Gasteiger partial charge in [-0.3, -0.25) is 4.79 Å². The van der Waals surface area contributed by atoms with Gasteiger partial charge in [-0.05, 0) is 52.4 Å². The number of benzene rings is 2. The van der Waals surface area contributed by atoms with E-state index >= 15 is 0 Å². The molecular weight excluding hydrogens is 528 g/mol. The Hall–Kier alpha value is -3.50. The number of methoxy groups -OCH3 is 2. The van der Waals surface area contributed by atoms with Crippen LogP contribution in [-0.2, 0) is 0 Å². The second-order valence-electron chi connectivity index (χ2n) is 11.4. The molecule has 0 saturated heterocycles. The first-order valence-corrected chi connectivity index (χ1v) is 15.8. The molecule has 0 radical (unpaired) electrons. The van der Waals surface area contributed by atoms with Gasteiger partial charge in [0, 0.05) is 12.3 Å². The minimum atomic E-state index is -2.46. The molecular formula is C30H40N2O7Si. The summed E-state index contributed by atoms with van der Waals surface area (Å²) in [5, 5.41) is 21.7. The van der Waals surface area contributed by atoms with Crippen LogP contribution in [0, 0.1) is 0 Å². The van der Waals surface area contributed by atoms with Crippen LogP contribution in [0.2, 0.25) is 16.6 Å². The van der Waals surface area contributed by atoms with Gasteiger partial charge in [0.2, 0.25) is 0 Å². The van der Waals surface area contributed by atoms with Gasteiger partial charge < -0.3 is 29.0 Å². The Morgan fingerprint density at radius 3 is 2.05 bits per heavy atom. The molecule has 2 aromatic rings. The molecule has 0 spiro atoms. The summed E-state index contributed by atoms with van der Waals surface area (Å²) in [6, 6.07) is 9.66. The molecule has 10 heteroatoms. The molecule has 4 rings (SSSR count). The van der Waals surface area contributed by atoms with Crippen molar-refractivity contribution in [2.75, 3.05) is 19.1 Å². The minimum Gasteiger partial charge on any atom is -0.540 e. The second kappa shape index (κ2) is 11.2. The van der Waals surface area contributed by atoms with Crippen LogP contribution in [0.5, 0.6) is 17.2 Å². The second-order valence-corrected chi connectivity index (χ2v) is 16.7. The van der Waals surface area contributed by atoms with Crippen molar-refractivity contribution in [1.82, 2.24) is 4.90 Å². The van der Waals surface area contributed by atoms with E-state index in [1.165, 1.54) is 18.1 Å². The molecule has 2 aliphatic heterocycles. The van der Waals surface area contributed by atoms with E-state index in [1.807, 2.05) is 24.3 Å². The molecule has 40 heavy (non-hydrogen) atoms. The lowest BCUT2D eigenvalue weighted by molar-refractivity contribution is 0.0575. The lowest BCUT2D eigenvalue weighted by Gasteiger charge is -2.42. The van der Waals surface area contributed by atoms with Gasteiger partial charge in [-0.25, -0.2) is 9.69 Å². The van der Waals surface area contributed by atoms with E-state index in [2.05, 4.69) is 41.5 Å². The highest BCUT2D eigenvalue weighted by Crippen LogP contribution is 2.48. The maximum Gasteiger partial charge on any atom is 0.414 e. The average molecular weight is 569 g/mol. The first kappa shape index (κ1) is 29.5. The minimum absolute atomic E-state index is 0.0776. The van der Waals surface area contributed by atoms with Crippen molar-refractivity contribution < 1.29 is 33.7 Å². The fraction of sp³-hybridized carbons (Fsp3) is 0.467. The summed E-state index contributed by atoms with van der Waals surface area (Å²) >= 11 is 0. The zero-order chi connectivity index (χ0) is 29.5. The summed E-state index contributed by atoms with van der Waals surface area (Å²) in [5.74, 6) is 1.01. The Labute approximate surface area is 237 Å². The molecule has 2 N–H and O–H groups in total. The standard InChI is InChI=1S/C30H40N2O7Si/c1-17(2)40(18(3)4,19(5)6)39-27-15-24-23(14-26(27)38-8)28(33)31-16-21(20-9-11-22(37-7)12-10-20)13-25(31)29(34)32(24)30(35)36/h9-12,14-19,25,29,34H,13H2,1-8H3,(H,35,36)/t25-,29?/m0/s1. The SMILES string of the molecule is COc1ccc(C2=CN3C(=O)c4cc(OC)c(O[Si](C(C)C)(C(C)C)C(C)C)cc4N(C(=O)O)C(O)[C@@H]3C2)cc1. The van der Waals surface area contributed by atoms with Crippen molar-refractivity contribution in [2.45, 2.75) is 76.9 Å². The average Bonchev–Trinajstić information content (AvgIpc) is 3.33. The van der Waals surface area contributed by atoms with E-state index in [9.17, 15) is 19.8 Å². The number of rotatable bonds is 8. The summed E-state index contributed by atoms with van der Waals surface area (Å²) in [4.78, 5) is 28.9. The van der Waals surface area contributed by atoms with Crippen LogP contribution in [-0.4, -0.2) is 61.9 Å². The Morgan fingerprint density at radius 1 is 0.950 bits per heavy atom. The molecule has 1 unspecified atom stereocenters. The van der Waals surface area contributed by atoms with Gasteiger partial charge >= 0.3 is 6.09 Å². The number of carbonyl (C=O) groups is 2. The smallest absolute Gasteiger partial charge is 0.414 e. The first-order chi connectivity index (χ1) is 18.9. The molecule has 0 bridgehead atoms. The Kier molecular flexibility index (Phi) is 8.23. The van der Waals surface area contributed by atoms with Gasteiger partial charge in [0.15, 0.2) is 12.0 Å². The first-order valence-electron chi connectivity index (χ1n) is 13.7. The lowest BCUT2D eigenvalue weighted by atomic mass is 10.0. The van der Waals surface area contributed by atoms with Gasteiger partial charge in [0.25, 0.3) is 14.2 Å². The molecule has 2 amide bonds. The third-order valence-corrected chi connectivity index (χ3v) is 14.3. The van der Waals surface area contributed by atoms with E-state index in [0.717, 1.165) is 16.0 Å². The zero-order valence-corrected chi connectivity index (χ0v) is 25.5. The topological polar surface area (TPSA) is 109 Å². The van der Waals surface area contributed by atoms with Crippen LogP contribution in [0.4, 0.5) is 10.5 Å². The van der Waals surface area contributed by atoms with Crippen LogP contribution in [0.3, 0.4) is 0 Å². The highest BCUT2D eigenvalue weighted by molar-refractivity contribution is 6.78. The number of anilines is 1. The van der Waals surface area contributed by atoms with Gasteiger partial charge in [0.1, 0.15) is 11.5 Å². The third kappa shape index (κ3) is 4.83. The maximum atomic E-state index is 13.9. The van der Waals surface area contributed by atoms with Crippen molar-refractivity contribution in [2.24, 2.45) is 0 Å². The molecule has 2 heterocycles. The number of nitrogens with zero attached hydrogens (tertiary/aromatic N) is 2. The number of amides is 2. The highest BCUT2D eigenvalue weighted by atomic mass is 28.4. The number of hydrogen-bond acceptors (Lipinski definition) is 6. The van der Waals surface area contributed by atoms with Crippen molar-refractivity contribution in [3.05, 3.63) is 53.7 Å². The molecule has 2 aliphatic rings. The van der Waals surface area contributed by atoms with Gasteiger partial charge in [0.05, 0.1) is 31.5 Å². The normalized spacial score (nSPS) is 19.0. The van der Waals surface area contributed by atoms with E-state index in [1.54, 1.807) is 19.4 Å². The van der Waals surface area contributed by atoms with E-state index in [0.29, 0.717) is 17.2 Å². The molecule has 0 aliphatic carbocycles. The lowest BCUT2D eigenvalue weighted by Crippen LogP contribution is -2.51. The van der Waals surface area contributed by atoms with Gasteiger partial charge in [-0.2, -0.15) is 0 Å². The summed E-state index contributed by atoms with van der Waals surface area (Å²) in [7, 11) is 0.633.